The number of rotatable bonds is 6. The summed E-state index contributed by atoms with van der Waals surface area (Å²) in [6.07, 6.45) is 1.41. The number of carbonyl (C=O) groups excluding carboxylic acids is 1. The summed E-state index contributed by atoms with van der Waals surface area (Å²) in [5.41, 5.74) is 7.31. The number of fused-ring (bicyclic) bond motifs is 1. The third-order valence-electron chi connectivity index (χ3n) is 4.89. The van der Waals surface area contributed by atoms with Crippen LogP contribution in [-0.4, -0.2) is 48.1 Å². The number of benzene rings is 1. The van der Waals surface area contributed by atoms with Gasteiger partial charge in [0.05, 0.1) is 11.9 Å². The Bertz CT molecular complexity index is 791. The first-order valence-electron chi connectivity index (χ1n) is 9.09. The number of amides is 1. The van der Waals surface area contributed by atoms with Crippen LogP contribution in [0.4, 0.5) is 0 Å². The predicted molar refractivity (Wildman–Crippen MR) is 103 cm³/mol. The van der Waals surface area contributed by atoms with Gasteiger partial charge in [0, 0.05) is 18.7 Å². The van der Waals surface area contributed by atoms with Crippen molar-refractivity contribution in [3.63, 3.8) is 0 Å². The lowest BCUT2D eigenvalue weighted by molar-refractivity contribution is -0.121. The Labute approximate surface area is 154 Å². The average molecular weight is 354 g/mol. The van der Waals surface area contributed by atoms with Crippen LogP contribution in [0.2, 0.25) is 0 Å². The Morgan fingerprint density at radius 2 is 1.92 bits per heavy atom. The minimum atomic E-state index is -0.125. The Hall–Kier alpha value is -2.60. The predicted octanol–water partition coefficient (Wildman–Crippen LogP) is 2.68. The van der Waals surface area contributed by atoms with Gasteiger partial charge in [-0.1, -0.05) is 38.1 Å². The van der Waals surface area contributed by atoms with E-state index in [1.807, 2.05) is 38.1 Å². The third kappa shape index (κ3) is 3.37. The smallest absolute Gasteiger partial charge is 0.269 e. The molecule has 138 valence electrons. The highest BCUT2D eigenvalue weighted by Crippen LogP contribution is 2.34. The highest BCUT2D eigenvalue weighted by Gasteiger charge is 2.33. The molecule has 0 aromatic heterocycles. The molecule has 6 heteroatoms. The van der Waals surface area contributed by atoms with Gasteiger partial charge in [-0.2, -0.15) is 0 Å². The molecule has 0 radical (unpaired) electrons. The van der Waals surface area contributed by atoms with Crippen LogP contribution < -0.4 is 5.48 Å². The van der Waals surface area contributed by atoms with Gasteiger partial charge in [-0.05, 0) is 32.5 Å². The number of likely N-dealkylation sites (N-methyl/N-ethyl adjacent to an activating group) is 1. The summed E-state index contributed by atoms with van der Waals surface area (Å²) in [5, 5.41) is 0. The van der Waals surface area contributed by atoms with Gasteiger partial charge in [-0.3, -0.25) is 4.79 Å². The summed E-state index contributed by atoms with van der Waals surface area (Å²) in [6.45, 7) is 11.5. The quantitative estimate of drug-likeness (QED) is 0.853. The summed E-state index contributed by atoms with van der Waals surface area (Å²) in [7, 11) is 0. The van der Waals surface area contributed by atoms with Crippen molar-refractivity contribution in [3.05, 3.63) is 52.5 Å². The molecule has 1 aromatic rings. The van der Waals surface area contributed by atoms with Crippen LogP contribution in [0.3, 0.4) is 0 Å². The fourth-order valence-corrected chi connectivity index (χ4v) is 3.30. The molecule has 0 atom stereocenters. The van der Waals surface area contributed by atoms with Crippen molar-refractivity contribution < 1.29 is 9.63 Å². The monoisotopic (exact) mass is 354 g/mol. The number of nitrogens with one attached hydrogen (secondary N) is 1. The second kappa shape index (κ2) is 7.74. The standard InChI is InChI=1S/C20H26N4O2/c1-5-23(6-2)11-12-24-17(25)13-21-18(16-10-8-7-9-14(16)3)19-20(24)15(4)26-22-19/h7-10,13,22H,5-6,11-12H2,1-4H3. The van der Waals surface area contributed by atoms with E-state index < -0.39 is 0 Å². The molecule has 0 aliphatic carbocycles. The molecule has 2 aliphatic heterocycles. The van der Waals surface area contributed by atoms with Crippen molar-refractivity contribution >= 4 is 17.8 Å². The number of nitrogens with zero attached hydrogens (tertiary/aromatic N) is 3. The van der Waals surface area contributed by atoms with Crippen LogP contribution in [0, 0.1) is 6.92 Å². The zero-order chi connectivity index (χ0) is 18.7. The van der Waals surface area contributed by atoms with E-state index in [0.29, 0.717) is 12.3 Å². The summed E-state index contributed by atoms with van der Waals surface area (Å²) >= 11 is 0. The van der Waals surface area contributed by atoms with Crippen LogP contribution in [0.25, 0.3) is 5.70 Å². The number of allylic oxidation sites excluding steroid dienone is 1. The van der Waals surface area contributed by atoms with E-state index in [-0.39, 0.29) is 5.91 Å². The zero-order valence-corrected chi connectivity index (χ0v) is 15.9. The molecule has 2 heterocycles. The van der Waals surface area contributed by atoms with Crippen LogP contribution in [0.15, 0.2) is 46.4 Å². The number of hydrogen-bond donors (Lipinski definition) is 1. The van der Waals surface area contributed by atoms with E-state index in [0.717, 1.165) is 47.9 Å². The van der Waals surface area contributed by atoms with Crippen LogP contribution in [0.5, 0.6) is 0 Å². The Balaban J connectivity index is 2.02. The van der Waals surface area contributed by atoms with E-state index in [1.54, 1.807) is 4.90 Å². The normalized spacial score (nSPS) is 16.8. The van der Waals surface area contributed by atoms with Gasteiger partial charge >= 0.3 is 0 Å². The van der Waals surface area contributed by atoms with E-state index in [4.69, 9.17) is 4.84 Å². The number of aliphatic imine (C=N–C) groups is 1. The van der Waals surface area contributed by atoms with Gasteiger partial charge in [0.1, 0.15) is 11.4 Å². The highest BCUT2D eigenvalue weighted by molar-refractivity contribution is 6.28. The first kappa shape index (κ1) is 18.2. The fourth-order valence-electron chi connectivity index (χ4n) is 3.30. The number of hydroxylamine groups is 1. The summed E-state index contributed by atoms with van der Waals surface area (Å²) in [6, 6.07) is 8.02. The van der Waals surface area contributed by atoms with Gasteiger partial charge in [0.15, 0.2) is 5.76 Å². The molecule has 0 spiro atoms. The summed E-state index contributed by atoms with van der Waals surface area (Å²) < 4.78 is 0. The maximum Gasteiger partial charge on any atom is 0.269 e. The van der Waals surface area contributed by atoms with Crippen LogP contribution >= 0.6 is 0 Å². The molecule has 0 unspecified atom stereocenters. The number of hydrogen-bond acceptors (Lipinski definition) is 5. The molecule has 1 amide bonds. The molecule has 2 aliphatic rings. The summed E-state index contributed by atoms with van der Waals surface area (Å²) in [4.78, 5) is 26.9. The number of carbonyl (C=O) groups is 1. The van der Waals surface area contributed by atoms with Gasteiger partial charge in [0.2, 0.25) is 0 Å². The Kier molecular flexibility index (Phi) is 5.42. The lowest BCUT2D eigenvalue weighted by Crippen LogP contribution is -2.39. The maximum atomic E-state index is 12.8. The minimum Gasteiger partial charge on any atom is -0.384 e. The second-order valence-corrected chi connectivity index (χ2v) is 6.42. The lowest BCUT2D eigenvalue weighted by atomic mass is 10.0. The van der Waals surface area contributed by atoms with E-state index in [2.05, 4.69) is 29.2 Å². The first-order valence-corrected chi connectivity index (χ1v) is 9.09. The van der Waals surface area contributed by atoms with E-state index >= 15 is 0 Å². The van der Waals surface area contributed by atoms with Crippen LogP contribution in [-0.2, 0) is 9.63 Å². The lowest BCUT2D eigenvalue weighted by Gasteiger charge is -2.25. The van der Waals surface area contributed by atoms with E-state index in [9.17, 15) is 4.79 Å². The highest BCUT2D eigenvalue weighted by atomic mass is 16.7. The third-order valence-corrected chi connectivity index (χ3v) is 4.89. The van der Waals surface area contributed by atoms with Crippen molar-refractivity contribution in [1.82, 2.24) is 15.3 Å². The van der Waals surface area contributed by atoms with Gasteiger partial charge in [-0.25, -0.2) is 10.5 Å². The molecule has 0 saturated carbocycles. The SMILES string of the molecule is CCN(CC)CCN1C(=O)C=NC(c2ccccc2C)=C2NOC(C)=C21. The fraction of sp³-hybridized carbons (Fsp3) is 0.400. The summed E-state index contributed by atoms with van der Waals surface area (Å²) in [5.74, 6) is 0.560. The van der Waals surface area contributed by atoms with Crippen molar-refractivity contribution in [2.75, 3.05) is 26.2 Å². The largest absolute Gasteiger partial charge is 0.384 e. The molecule has 0 saturated heterocycles. The average Bonchev–Trinajstić information content (AvgIpc) is 2.95. The molecule has 26 heavy (non-hydrogen) atoms. The van der Waals surface area contributed by atoms with Crippen molar-refractivity contribution in [3.8, 4) is 0 Å². The Morgan fingerprint density at radius 3 is 2.62 bits per heavy atom. The molecular weight excluding hydrogens is 328 g/mol. The van der Waals surface area contributed by atoms with Crippen molar-refractivity contribution in [2.45, 2.75) is 27.7 Å². The van der Waals surface area contributed by atoms with Gasteiger partial charge in [-0.15, -0.1) is 0 Å². The van der Waals surface area contributed by atoms with Crippen molar-refractivity contribution in [1.29, 1.82) is 0 Å². The zero-order valence-electron chi connectivity index (χ0n) is 15.9. The molecule has 0 fully saturated rings. The molecular formula is C20H26N4O2. The topological polar surface area (TPSA) is 57.2 Å². The molecule has 6 nitrogen and oxygen atoms in total. The van der Waals surface area contributed by atoms with Crippen LogP contribution in [0.1, 0.15) is 31.9 Å². The van der Waals surface area contributed by atoms with E-state index in [1.165, 1.54) is 6.21 Å². The molecule has 1 aromatic carbocycles. The Morgan fingerprint density at radius 1 is 1.19 bits per heavy atom. The van der Waals surface area contributed by atoms with Gasteiger partial charge < -0.3 is 14.6 Å². The second-order valence-electron chi connectivity index (χ2n) is 6.42. The minimum absolute atomic E-state index is 0.125. The maximum absolute atomic E-state index is 12.8. The molecule has 1 N–H and O–H groups in total. The molecule has 0 bridgehead atoms. The number of aryl methyl sites for hydroxylation is 1. The van der Waals surface area contributed by atoms with Gasteiger partial charge in [0.25, 0.3) is 5.91 Å². The molecule has 3 rings (SSSR count). The van der Waals surface area contributed by atoms with Crippen molar-refractivity contribution in [2.24, 2.45) is 4.99 Å². The first-order chi connectivity index (χ1) is 12.6.